The first-order valence-electron chi connectivity index (χ1n) is 5.20. The summed E-state index contributed by atoms with van der Waals surface area (Å²) >= 11 is 1.63. The van der Waals surface area contributed by atoms with Crippen molar-refractivity contribution >= 4 is 11.3 Å². The standard InChI is InChI=1S/C11H14N2O2S/c14-6-5-12-4-3-11-13-9(8-16-11)10-2-1-7-15-10/h1-2,7-8,12,14H,3-6H2. The van der Waals surface area contributed by atoms with Crippen molar-refractivity contribution in [3.8, 4) is 11.5 Å². The number of hydrogen-bond acceptors (Lipinski definition) is 5. The fourth-order valence-electron chi connectivity index (χ4n) is 1.36. The Morgan fingerprint density at radius 1 is 1.44 bits per heavy atom. The van der Waals surface area contributed by atoms with Crippen LogP contribution in [0.1, 0.15) is 5.01 Å². The average Bonchev–Trinajstić information content (AvgIpc) is 2.94. The molecule has 2 aromatic heterocycles. The minimum atomic E-state index is 0.176. The van der Waals surface area contributed by atoms with E-state index in [2.05, 4.69) is 10.3 Å². The monoisotopic (exact) mass is 238 g/mol. The van der Waals surface area contributed by atoms with E-state index >= 15 is 0 Å². The molecule has 0 aromatic carbocycles. The van der Waals surface area contributed by atoms with Gasteiger partial charge in [-0.2, -0.15) is 0 Å². The highest BCUT2D eigenvalue weighted by Gasteiger charge is 2.05. The van der Waals surface area contributed by atoms with Gasteiger partial charge in [0.15, 0.2) is 5.76 Å². The van der Waals surface area contributed by atoms with E-state index in [1.165, 1.54) is 0 Å². The summed E-state index contributed by atoms with van der Waals surface area (Å²) in [5, 5.41) is 14.8. The van der Waals surface area contributed by atoms with Crippen LogP contribution in [0.25, 0.3) is 11.5 Å². The van der Waals surface area contributed by atoms with Crippen LogP contribution in [0.5, 0.6) is 0 Å². The highest BCUT2D eigenvalue weighted by molar-refractivity contribution is 7.09. The van der Waals surface area contributed by atoms with Crippen LogP contribution in [0, 0.1) is 0 Å². The largest absolute Gasteiger partial charge is 0.463 e. The average molecular weight is 238 g/mol. The number of hydrogen-bond donors (Lipinski definition) is 2. The number of furan rings is 1. The van der Waals surface area contributed by atoms with Gasteiger partial charge in [0.05, 0.1) is 17.9 Å². The molecular weight excluding hydrogens is 224 g/mol. The molecular formula is C11H14N2O2S. The Bertz CT molecular complexity index is 411. The van der Waals surface area contributed by atoms with E-state index < -0.39 is 0 Å². The van der Waals surface area contributed by atoms with Crippen LogP contribution in [0.4, 0.5) is 0 Å². The van der Waals surface area contributed by atoms with Crippen molar-refractivity contribution in [2.45, 2.75) is 6.42 Å². The van der Waals surface area contributed by atoms with Gasteiger partial charge < -0.3 is 14.8 Å². The highest BCUT2D eigenvalue weighted by Crippen LogP contribution is 2.22. The van der Waals surface area contributed by atoms with Crippen molar-refractivity contribution in [2.24, 2.45) is 0 Å². The molecule has 5 heteroatoms. The molecule has 0 saturated heterocycles. The molecule has 2 aromatic rings. The summed E-state index contributed by atoms with van der Waals surface area (Å²) < 4.78 is 5.27. The van der Waals surface area contributed by atoms with E-state index in [4.69, 9.17) is 9.52 Å². The smallest absolute Gasteiger partial charge is 0.153 e. The molecule has 16 heavy (non-hydrogen) atoms. The highest BCUT2D eigenvalue weighted by atomic mass is 32.1. The lowest BCUT2D eigenvalue weighted by atomic mass is 10.3. The maximum absolute atomic E-state index is 8.60. The SMILES string of the molecule is OCCNCCc1nc(-c2ccco2)cs1. The van der Waals surface area contributed by atoms with Crippen LogP contribution in [0.2, 0.25) is 0 Å². The molecule has 0 spiro atoms. The minimum Gasteiger partial charge on any atom is -0.463 e. The van der Waals surface area contributed by atoms with E-state index in [0.29, 0.717) is 6.54 Å². The molecule has 0 fully saturated rings. The number of aliphatic hydroxyl groups is 1. The van der Waals surface area contributed by atoms with Crippen LogP contribution in [-0.4, -0.2) is 29.8 Å². The Labute approximate surface area is 97.9 Å². The third-order valence-corrected chi connectivity index (χ3v) is 3.04. The molecule has 0 bridgehead atoms. The Balaban J connectivity index is 1.88. The summed E-state index contributed by atoms with van der Waals surface area (Å²) in [7, 11) is 0. The summed E-state index contributed by atoms with van der Waals surface area (Å²) in [5.74, 6) is 0.811. The van der Waals surface area contributed by atoms with Gasteiger partial charge in [0.1, 0.15) is 5.69 Å². The molecule has 0 aliphatic carbocycles. The first kappa shape index (κ1) is 11.3. The van der Waals surface area contributed by atoms with Crippen molar-refractivity contribution < 1.29 is 9.52 Å². The molecule has 0 aliphatic heterocycles. The second-order valence-electron chi connectivity index (χ2n) is 3.33. The molecule has 0 atom stereocenters. The van der Waals surface area contributed by atoms with Gasteiger partial charge in [-0.05, 0) is 12.1 Å². The van der Waals surface area contributed by atoms with E-state index in [9.17, 15) is 0 Å². The molecule has 0 amide bonds. The zero-order valence-electron chi connectivity index (χ0n) is 8.85. The Kier molecular flexibility index (Phi) is 4.10. The van der Waals surface area contributed by atoms with E-state index in [1.54, 1.807) is 17.6 Å². The summed E-state index contributed by atoms with van der Waals surface area (Å²) in [6, 6.07) is 3.76. The lowest BCUT2D eigenvalue weighted by Crippen LogP contribution is -2.20. The lowest BCUT2D eigenvalue weighted by Gasteiger charge is -1.98. The number of nitrogens with zero attached hydrogens (tertiary/aromatic N) is 1. The molecule has 86 valence electrons. The normalized spacial score (nSPS) is 10.8. The van der Waals surface area contributed by atoms with E-state index in [1.807, 2.05) is 17.5 Å². The Morgan fingerprint density at radius 2 is 2.38 bits per heavy atom. The van der Waals surface area contributed by atoms with Gasteiger partial charge in [-0.15, -0.1) is 11.3 Å². The molecule has 2 heterocycles. The predicted molar refractivity (Wildman–Crippen MR) is 63.5 cm³/mol. The Morgan fingerprint density at radius 3 is 3.12 bits per heavy atom. The molecule has 0 aliphatic rings. The van der Waals surface area contributed by atoms with Gasteiger partial charge in [-0.25, -0.2) is 4.98 Å². The maximum Gasteiger partial charge on any atom is 0.153 e. The van der Waals surface area contributed by atoms with Crippen LogP contribution in [-0.2, 0) is 6.42 Å². The summed E-state index contributed by atoms with van der Waals surface area (Å²) in [6.45, 7) is 1.65. The number of thiazole rings is 1. The zero-order chi connectivity index (χ0) is 11.2. The second-order valence-corrected chi connectivity index (χ2v) is 4.27. The topological polar surface area (TPSA) is 58.3 Å². The number of nitrogens with one attached hydrogen (secondary N) is 1. The van der Waals surface area contributed by atoms with Gasteiger partial charge in [-0.3, -0.25) is 0 Å². The molecule has 0 saturated carbocycles. The summed E-state index contributed by atoms with van der Waals surface area (Å²) in [4.78, 5) is 4.47. The fraction of sp³-hybridized carbons (Fsp3) is 0.364. The fourth-order valence-corrected chi connectivity index (χ4v) is 2.15. The van der Waals surface area contributed by atoms with Crippen molar-refractivity contribution in [1.29, 1.82) is 0 Å². The van der Waals surface area contributed by atoms with E-state index in [-0.39, 0.29) is 6.61 Å². The zero-order valence-corrected chi connectivity index (χ0v) is 9.67. The number of rotatable bonds is 6. The maximum atomic E-state index is 8.60. The Hall–Kier alpha value is -1.17. The molecule has 2 rings (SSSR count). The third-order valence-electron chi connectivity index (χ3n) is 2.13. The second kappa shape index (κ2) is 5.79. The summed E-state index contributed by atoms with van der Waals surface area (Å²) in [6.07, 6.45) is 2.53. The first-order chi connectivity index (χ1) is 7.90. The van der Waals surface area contributed by atoms with Gasteiger partial charge in [0, 0.05) is 24.9 Å². The van der Waals surface area contributed by atoms with Gasteiger partial charge in [0.25, 0.3) is 0 Å². The van der Waals surface area contributed by atoms with Crippen molar-refractivity contribution in [3.05, 3.63) is 28.8 Å². The molecule has 0 radical (unpaired) electrons. The molecule has 2 N–H and O–H groups in total. The predicted octanol–water partition coefficient (Wildman–Crippen LogP) is 1.53. The number of aromatic nitrogens is 1. The van der Waals surface area contributed by atoms with Gasteiger partial charge >= 0.3 is 0 Å². The third kappa shape index (κ3) is 2.91. The van der Waals surface area contributed by atoms with Crippen molar-refractivity contribution in [3.63, 3.8) is 0 Å². The van der Waals surface area contributed by atoms with Gasteiger partial charge in [-0.1, -0.05) is 0 Å². The van der Waals surface area contributed by atoms with Crippen molar-refractivity contribution in [2.75, 3.05) is 19.7 Å². The number of aliphatic hydroxyl groups excluding tert-OH is 1. The first-order valence-corrected chi connectivity index (χ1v) is 6.08. The molecule has 4 nitrogen and oxygen atoms in total. The minimum absolute atomic E-state index is 0.176. The quantitative estimate of drug-likeness (QED) is 0.749. The van der Waals surface area contributed by atoms with Crippen LogP contribution >= 0.6 is 11.3 Å². The van der Waals surface area contributed by atoms with Crippen LogP contribution in [0.3, 0.4) is 0 Å². The van der Waals surface area contributed by atoms with E-state index in [0.717, 1.165) is 29.4 Å². The molecule has 0 unspecified atom stereocenters. The van der Waals surface area contributed by atoms with Crippen LogP contribution < -0.4 is 5.32 Å². The summed E-state index contributed by atoms with van der Waals surface area (Å²) in [5.41, 5.74) is 0.896. The van der Waals surface area contributed by atoms with Gasteiger partial charge in [0.2, 0.25) is 0 Å². The van der Waals surface area contributed by atoms with Crippen LogP contribution in [0.15, 0.2) is 28.2 Å². The van der Waals surface area contributed by atoms with Crippen molar-refractivity contribution in [1.82, 2.24) is 10.3 Å². The lowest BCUT2D eigenvalue weighted by molar-refractivity contribution is 0.293.